The average molecular weight is 204 g/mol. The van der Waals surface area contributed by atoms with Crippen LogP contribution < -0.4 is 5.73 Å². The molecule has 2 N–H and O–H groups in total. The largest absolute Gasteiger partial charge is 0.365 e. The fourth-order valence-corrected chi connectivity index (χ4v) is 1.88. The van der Waals surface area contributed by atoms with E-state index in [4.69, 9.17) is 5.73 Å². The summed E-state index contributed by atoms with van der Waals surface area (Å²) in [6, 6.07) is 9.53. The Kier molecular flexibility index (Phi) is 2.28. The summed E-state index contributed by atoms with van der Waals surface area (Å²) in [7, 11) is 0. The van der Waals surface area contributed by atoms with Crippen LogP contribution in [0.1, 0.15) is 9.67 Å². The maximum Gasteiger partial charge on any atom is 0.261 e. The van der Waals surface area contributed by atoms with Crippen molar-refractivity contribution in [1.29, 1.82) is 0 Å². The first-order chi connectivity index (χ1) is 6.79. The van der Waals surface area contributed by atoms with Gasteiger partial charge in [-0.2, -0.15) is 0 Å². The Morgan fingerprint density at radius 1 is 1.29 bits per heavy atom. The van der Waals surface area contributed by atoms with E-state index in [-0.39, 0.29) is 0 Å². The molecule has 2 aromatic rings. The van der Waals surface area contributed by atoms with Gasteiger partial charge in [-0.05, 0) is 0 Å². The highest BCUT2D eigenvalue weighted by Gasteiger charge is 2.12. The Labute approximate surface area is 85.2 Å². The molecular formula is C10H8N2OS. The smallest absolute Gasteiger partial charge is 0.261 e. The first kappa shape index (κ1) is 8.90. The highest BCUT2D eigenvalue weighted by molar-refractivity contribution is 7.12. The second kappa shape index (κ2) is 3.59. The molecule has 2 rings (SSSR count). The zero-order valence-corrected chi connectivity index (χ0v) is 8.12. The lowest BCUT2D eigenvalue weighted by molar-refractivity contribution is 0.100. The van der Waals surface area contributed by atoms with E-state index < -0.39 is 5.91 Å². The van der Waals surface area contributed by atoms with Crippen LogP contribution in [0.2, 0.25) is 0 Å². The van der Waals surface area contributed by atoms with Crippen LogP contribution in [0.5, 0.6) is 0 Å². The monoisotopic (exact) mass is 204 g/mol. The Hall–Kier alpha value is -1.68. The van der Waals surface area contributed by atoms with Crippen LogP contribution in [-0.4, -0.2) is 10.9 Å². The molecule has 70 valence electrons. The van der Waals surface area contributed by atoms with E-state index in [1.165, 1.54) is 11.3 Å². The van der Waals surface area contributed by atoms with Crippen LogP contribution in [0, 0.1) is 0 Å². The van der Waals surface area contributed by atoms with Gasteiger partial charge in [0, 0.05) is 5.56 Å². The van der Waals surface area contributed by atoms with Crippen molar-refractivity contribution < 1.29 is 4.79 Å². The summed E-state index contributed by atoms with van der Waals surface area (Å²) in [5.74, 6) is -0.425. The molecule has 1 aromatic heterocycles. The molecule has 0 unspecified atom stereocenters. The molecular weight excluding hydrogens is 196 g/mol. The normalized spacial score (nSPS) is 10.0. The van der Waals surface area contributed by atoms with E-state index in [2.05, 4.69) is 4.98 Å². The van der Waals surface area contributed by atoms with Crippen molar-refractivity contribution in [3.8, 4) is 11.3 Å². The number of benzene rings is 1. The lowest BCUT2D eigenvalue weighted by atomic mass is 10.1. The summed E-state index contributed by atoms with van der Waals surface area (Å²) in [6.07, 6.45) is 0. The van der Waals surface area contributed by atoms with E-state index in [1.54, 1.807) is 5.51 Å². The number of amides is 1. The van der Waals surface area contributed by atoms with Crippen LogP contribution >= 0.6 is 11.3 Å². The van der Waals surface area contributed by atoms with Gasteiger partial charge in [0.15, 0.2) is 0 Å². The molecule has 0 bridgehead atoms. The van der Waals surface area contributed by atoms with Crippen LogP contribution in [0.15, 0.2) is 35.8 Å². The molecule has 1 amide bonds. The summed E-state index contributed by atoms with van der Waals surface area (Å²) >= 11 is 1.27. The first-order valence-electron chi connectivity index (χ1n) is 4.08. The number of nitrogens with zero attached hydrogens (tertiary/aromatic N) is 1. The highest BCUT2D eigenvalue weighted by Crippen LogP contribution is 2.24. The summed E-state index contributed by atoms with van der Waals surface area (Å²) < 4.78 is 0. The van der Waals surface area contributed by atoms with Crippen molar-refractivity contribution in [3.63, 3.8) is 0 Å². The van der Waals surface area contributed by atoms with Crippen molar-refractivity contribution in [2.75, 3.05) is 0 Å². The number of carbonyl (C=O) groups excluding carboxylic acids is 1. The molecule has 0 radical (unpaired) electrons. The number of thiazole rings is 1. The van der Waals surface area contributed by atoms with E-state index >= 15 is 0 Å². The minimum atomic E-state index is -0.425. The molecule has 0 fully saturated rings. The molecule has 3 nitrogen and oxygen atoms in total. The van der Waals surface area contributed by atoms with Gasteiger partial charge in [0.1, 0.15) is 4.88 Å². The predicted octanol–water partition coefficient (Wildman–Crippen LogP) is 1.91. The zero-order chi connectivity index (χ0) is 9.97. The molecule has 0 saturated heterocycles. The minimum Gasteiger partial charge on any atom is -0.365 e. The predicted molar refractivity (Wildman–Crippen MR) is 56.1 cm³/mol. The summed E-state index contributed by atoms with van der Waals surface area (Å²) in [5.41, 5.74) is 8.44. The number of rotatable bonds is 2. The van der Waals surface area contributed by atoms with Gasteiger partial charge in [-0.25, -0.2) is 4.98 Å². The number of carbonyl (C=O) groups is 1. The molecule has 0 aliphatic carbocycles. The average Bonchev–Trinajstić information content (AvgIpc) is 2.67. The molecule has 4 heteroatoms. The van der Waals surface area contributed by atoms with E-state index in [0.717, 1.165) is 5.56 Å². The van der Waals surface area contributed by atoms with Crippen LogP contribution in [0.25, 0.3) is 11.3 Å². The lowest BCUT2D eigenvalue weighted by Crippen LogP contribution is -2.10. The van der Waals surface area contributed by atoms with Gasteiger partial charge >= 0.3 is 0 Å². The Morgan fingerprint density at radius 2 is 2.00 bits per heavy atom. The van der Waals surface area contributed by atoms with Gasteiger partial charge in [-0.1, -0.05) is 30.3 Å². The second-order valence-electron chi connectivity index (χ2n) is 2.76. The van der Waals surface area contributed by atoms with Gasteiger partial charge in [-0.15, -0.1) is 11.3 Å². The van der Waals surface area contributed by atoms with Gasteiger partial charge in [0.25, 0.3) is 5.91 Å². The van der Waals surface area contributed by atoms with E-state index in [9.17, 15) is 4.79 Å². The number of primary amides is 1. The molecule has 14 heavy (non-hydrogen) atoms. The third kappa shape index (κ3) is 1.52. The minimum absolute atomic E-state index is 0.425. The standard InChI is InChI=1S/C10H8N2OS/c11-10(13)9-8(12-6-14-9)7-4-2-1-3-5-7/h1-6H,(H2,11,13). The second-order valence-corrected chi connectivity index (χ2v) is 3.62. The fraction of sp³-hybridized carbons (Fsp3) is 0. The Morgan fingerprint density at radius 3 is 2.64 bits per heavy atom. The highest BCUT2D eigenvalue weighted by atomic mass is 32.1. The van der Waals surface area contributed by atoms with Crippen molar-refractivity contribution in [1.82, 2.24) is 4.98 Å². The van der Waals surface area contributed by atoms with Crippen molar-refractivity contribution in [2.24, 2.45) is 5.73 Å². The van der Waals surface area contributed by atoms with Gasteiger partial charge in [0.2, 0.25) is 0 Å². The maximum absolute atomic E-state index is 11.0. The quantitative estimate of drug-likeness (QED) is 0.812. The zero-order valence-electron chi connectivity index (χ0n) is 7.31. The summed E-state index contributed by atoms with van der Waals surface area (Å²) in [4.78, 5) is 15.7. The number of aromatic nitrogens is 1. The molecule has 0 aliphatic heterocycles. The molecule has 0 saturated carbocycles. The molecule has 0 aliphatic rings. The molecule has 1 aromatic carbocycles. The van der Waals surface area contributed by atoms with Crippen molar-refractivity contribution in [2.45, 2.75) is 0 Å². The number of nitrogens with two attached hydrogens (primary N) is 1. The van der Waals surface area contributed by atoms with Crippen LogP contribution in [0.4, 0.5) is 0 Å². The van der Waals surface area contributed by atoms with Gasteiger partial charge in [0.05, 0.1) is 11.2 Å². The first-order valence-corrected chi connectivity index (χ1v) is 4.95. The SMILES string of the molecule is NC(=O)c1scnc1-c1ccccc1. The van der Waals surface area contributed by atoms with Crippen molar-refractivity contribution in [3.05, 3.63) is 40.7 Å². The van der Waals surface area contributed by atoms with E-state index in [1.807, 2.05) is 30.3 Å². The van der Waals surface area contributed by atoms with Gasteiger partial charge in [-0.3, -0.25) is 4.79 Å². The fourth-order valence-electron chi connectivity index (χ4n) is 1.22. The Bertz CT molecular complexity index is 450. The number of hydrogen-bond donors (Lipinski definition) is 1. The van der Waals surface area contributed by atoms with Crippen LogP contribution in [-0.2, 0) is 0 Å². The third-order valence-corrected chi connectivity index (χ3v) is 2.68. The third-order valence-electron chi connectivity index (χ3n) is 1.84. The lowest BCUT2D eigenvalue weighted by Gasteiger charge is -1.97. The van der Waals surface area contributed by atoms with Crippen LogP contribution in [0.3, 0.4) is 0 Å². The molecule has 0 spiro atoms. The molecule has 1 heterocycles. The van der Waals surface area contributed by atoms with Crippen molar-refractivity contribution >= 4 is 17.2 Å². The van der Waals surface area contributed by atoms with Gasteiger partial charge < -0.3 is 5.73 Å². The topological polar surface area (TPSA) is 56.0 Å². The maximum atomic E-state index is 11.0. The summed E-state index contributed by atoms with van der Waals surface area (Å²) in [6.45, 7) is 0. The Balaban J connectivity index is 2.52. The summed E-state index contributed by atoms with van der Waals surface area (Å²) in [5, 5.41) is 0. The number of hydrogen-bond acceptors (Lipinski definition) is 3. The van der Waals surface area contributed by atoms with E-state index in [0.29, 0.717) is 10.6 Å². The molecule has 0 atom stereocenters.